The lowest BCUT2D eigenvalue weighted by molar-refractivity contribution is 0.0261. The van der Waals surface area contributed by atoms with Gasteiger partial charge in [-0.05, 0) is 37.5 Å². The molecule has 1 N–H and O–H groups in total. The molecule has 3 heteroatoms. The van der Waals surface area contributed by atoms with Gasteiger partial charge in [0, 0.05) is 26.8 Å². The number of hydrogen-bond donors (Lipinski definition) is 1. The van der Waals surface area contributed by atoms with Crippen LogP contribution in [0.15, 0.2) is 0 Å². The minimum Gasteiger partial charge on any atom is -0.382 e. The Morgan fingerprint density at radius 1 is 1.12 bits per heavy atom. The Labute approximate surface area is 106 Å². The molecule has 3 nitrogen and oxygen atoms in total. The van der Waals surface area contributed by atoms with Gasteiger partial charge in [0.15, 0.2) is 0 Å². The van der Waals surface area contributed by atoms with E-state index in [1.54, 1.807) is 14.2 Å². The summed E-state index contributed by atoms with van der Waals surface area (Å²) in [6.45, 7) is 6.27. The van der Waals surface area contributed by atoms with Crippen LogP contribution in [0.2, 0.25) is 0 Å². The second-order valence-corrected chi connectivity index (χ2v) is 5.58. The van der Waals surface area contributed by atoms with Gasteiger partial charge in [0.05, 0.1) is 12.7 Å². The SMILES string of the molecule is COCC(CNC1CCC(C(C)C)CC1)OC. The van der Waals surface area contributed by atoms with Crippen molar-refractivity contribution in [3.63, 3.8) is 0 Å². The van der Waals surface area contributed by atoms with Gasteiger partial charge in [-0.1, -0.05) is 13.8 Å². The van der Waals surface area contributed by atoms with Gasteiger partial charge in [-0.3, -0.25) is 0 Å². The zero-order valence-corrected chi connectivity index (χ0v) is 11.9. The molecule has 17 heavy (non-hydrogen) atoms. The van der Waals surface area contributed by atoms with Crippen molar-refractivity contribution in [1.29, 1.82) is 0 Å². The highest BCUT2D eigenvalue weighted by Crippen LogP contribution is 2.29. The minimum atomic E-state index is 0.183. The third-order valence-electron chi connectivity index (χ3n) is 4.03. The van der Waals surface area contributed by atoms with Crippen LogP contribution in [0, 0.1) is 11.8 Å². The molecule has 1 fully saturated rings. The largest absolute Gasteiger partial charge is 0.382 e. The van der Waals surface area contributed by atoms with Gasteiger partial charge in [0.1, 0.15) is 0 Å². The van der Waals surface area contributed by atoms with E-state index in [0.717, 1.165) is 18.4 Å². The summed E-state index contributed by atoms with van der Waals surface area (Å²) in [6, 6.07) is 0.680. The lowest BCUT2D eigenvalue weighted by Crippen LogP contribution is -2.40. The zero-order valence-electron chi connectivity index (χ0n) is 11.9. The maximum absolute atomic E-state index is 5.35. The molecule has 1 rings (SSSR count). The van der Waals surface area contributed by atoms with Crippen molar-refractivity contribution in [2.24, 2.45) is 11.8 Å². The maximum Gasteiger partial charge on any atom is 0.0928 e. The third kappa shape index (κ3) is 5.36. The Kier molecular flexibility index (Phi) is 7.09. The Morgan fingerprint density at radius 2 is 1.76 bits per heavy atom. The second kappa shape index (κ2) is 8.06. The van der Waals surface area contributed by atoms with Crippen molar-refractivity contribution in [3.8, 4) is 0 Å². The van der Waals surface area contributed by atoms with Crippen LogP contribution in [0.5, 0.6) is 0 Å². The highest BCUT2D eigenvalue weighted by molar-refractivity contribution is 4.79. The summed E-state index contributed by atoms with van der Waals surface area (Å²) in [4.78, 5) is 0. The molecule has 1 saturated carbocycles. The molecule has 0 amide bonds. The summed E-state index contributed by atoms with van der Waals surface area (Å²) in [5.41, 5.74) is 0. The maximum atomic E-state index is 5.35. The van der Waals surface area contributed by atoms with E-state index >= 15 is 0 Å². The van der Waals surface area contributed by atoms with E-state index < -0.39 is 0 Å². The molecule has 1 atom stereocenters. The van der Waals surface area contributed by atoms with Crippen LogP contribution in [0.1, 0.15) is 39.5 Å². The third-order valence-corrected chi connectivity index (χ3v) is 4.03. The molecule has 1 aliphatic rings. The van der Waals surface area contributed by atoms with Gasteiger partial charge >= 0.3 is 0 Å². The van der Waals surface area contributed by atoms with E-state index in [0.29, 0.717) is 12.6 Å². The molecule has 0 aromatic carbocycles. The summed E-state index contributed by atoms with van der Waals surface area (Å²) in [5, 5.41) is 3.61. The van der Waals surface area contributed by atoms with Crippen LogP contribution in [-0.2, 0) is 9.47 Å². The molecule has 0 aliphatic heterocycles. The first-order chi connectivity index (χ1) is 8.17. The fraction of sp³-hybridized carbons (Fsp3) is 1.00. The summed E-state index contributed by atoms with van der Waals surface area (Å²) >= 11 is 0. The summed E-state index contributed by atoms with van der Waals surface area (Å²) in [5.74, 6) is 1.78. The van der Waals surface area contributed by atoms with Crippen LogP contribution in [0.25, 0.3) is 0 Å². The molecular formula is C14H29NO2. The first-order valence-electron chi connectivity index (χ1n) is 6.92. The van der Waals surface area contributed by atoms with Crippen LogP contribution in [0.3, 0.4) is 0 Å². The van der Waals surface area contributed by atoms with Crippen molar-refractivity contribution >= 4 is 0 Å². The van der Waals surface area contributed by atoms with Crippen molar-refractivity contribution in [2.75, 3.05) is 27.4 Å². The van der Waals surface area contributed by atoms with Crippen molar-refractivity contribution in [1.82, 2.24) is 5.32 Å². The second-order valence-electron chi connectivity index (χ2n) is 5.58. The monoisotopic (exact) mass is 243 g/mol. The van der Waals surface area contributed by atoms with Crippen LogP contribution >= 0.6 is 0 Å². The number of nitrogens with one attached hydrogen (secondary N) is 1. The Morgan fingerprint density at radius 3 is 2.24 bits per heavy atom. The van der Waals surface area contributed by atoms with E-state index in [2.05, 4.69) is 19.2 Å². The first-order valence-corrected chi connectivity index (χ1v) is 6.92. The Bertz CT molecular complexity index is 189. The molecular weight excluding hydrogens is 214 g/mol. The molecule has 0 radical (unpaired) electrons. The minimum absolute atomic E-state index is 0.183. The van der Waals surface area contributed by atoms with E-state index in [1.165, 1.54) is 25.7 Å². The molecule has 0 saturated heterocycles. The smallest absolute Gasteiger partial charge is 0.0928 e. The average molecular weight is 243 g/mol. The lowest BCUT2D eigenvalue weighted by Gasteiger charge is -2.32. The Balaban J connectivity index is 2.17. The molecule has 0 bridgehead atoms. The van der Waals surface area contributed by atoms with Crippen LogP contribution in [-0.4, -0.2) is 39.5 Å². The molecule has 102 valence electrons. The first kappa shape index (κ1) is 14.9. The van der Waals surface area contributed by atoms with Crippen molar-refractivity contribution in [2.45, 2.75) is 51.7 Å². The predicted molar refractivity (Wildman–Crippen MR) is 71.3 cm³/mol. The van der Waals surface area contributed by atoms with Gasteiger partial charge in [-0.15, -0.1) is 0 Å². The fourth-order valence-corrected chi connectivity index (χ4v) is 2.68. The van der Waals surface area contributed by atoms with Gasteiger partial charge < -0.3 is 14.8 Å². The van der Waals surface area contributed by atoms with E-state index in [1.807, 2.05) is 0 Å². The lowest BCUT2D eigenvalue weighted by atomic mass is 9.80. The quantitative estimate of drug-likeness (QED) is 0.745. The zero-order chi connectivity index (χ0) is 12.7. The van der Waals surface area contributed by atoms with Crippen LogP contribution in [0.4, 0.5) is 0 Å². The van der Waals surface area contributed by atoms with E-state index in [4.69, 9.17) is 9.47 Å². The Hall–Kier alpha value is -0.120. The average Bonchev–Trinajstić information content (AvgIpc) is 2.35. The molecule has 0 aromatic rings. The summed E-state index contributed by atoms with van der Waals surface area (Å²) in [7, 11) is 3.47. The fourth-order valence-electron chi connectivity index (χ4n) is 2.68. The number of rotatable bonds is 7. The molecule has 1 unspecified atom stereocenters. The molecule has 0 aromatic heterocycles. The highest BCUT2D eigenvalue weighted by atomic mass is 16.5. The van der Waals surface area contributed by atoms with Gasteiger partial charge in [-0.2, -0.15) is 0 Å². The topological polar surface area (TPSA) is 30.5 Å². The number of ether oxygens (including phenoxy) is 2. The summed E-state index contributed by atoms with van der Waals surface area (Å²) in [6.07, 6.45) is 5.55. The summed E-state index contributed by atoms with van der Waals surface area (Å²) < 4.78 is 10.5. The molecule has 0 heterocycles. The van der Waals surface area contributed by atoms with E-state index in [9.17, 15) is 0 Å². The molecule has 0 spiro atoms. The molecule has 1 aliphatic carbocycles. The van der Waals surface area contributed by atoms with Crippen LogP contribution < -0.4 is 5.32 Å². The van der Waals surface area contributed by atoms with E-state index in [-0.39, 0.29) is 6.10 Å². The normalized spacial score (nSPS) is 27.4. The van der Waals surface area contributed by atoms with Gasteiger partial charge in [0.2, 0.25) is 0 Å². The predicted octanol–water partition coefficient (Wildman–Crippen LogP) is 2.45. The van der Waals surface area contributed by atoms with Crippen molar-refractivity contribution < 1.29 is 9.47 Å². The number of hydrogen-bond acceptors (Lipinski definition) is 3. The number of methoxy groups -OCH3 is 2. The standard InChI is InChI=1S/C14H29NO2/c1-11(2)12-5-7-13(8-6-12)15-9-14(17-4)10-16-3/h11-15H,5-10H2,1-4H3. The van der Waals surface area contributed by atoms with Gasteiger partial charge in [0.25, 0.3) is 0 Å². The highest BCUT2D eigenvalue weighted by Gasteiger charge is 2.23. The van der Waals surface area contributed by atoms with Gasteiger partial charge in [-0.25, -0.2) is 0 Å². The van der Waals surface area contributed by atoms with Crippen molar-refractivity contribution in [3.05, 3.63) is 0 Å².